The van der Waals surface area contributed by atoms with E-state index in [4.69, 9.17) is 10.2 Å². The number of carbonyl (C=O) groups is 2. The van der Waals surface area contributed by atoms with Crippen molar-refractivity contribution >= 4 is 34.7 Å². The molecule has 0 fully saturated rings. The van der Waals surface area contributed by atoms with Crippen LogP contribution in [0, 0.1) is 0 Å². The van der Waals surface area contributed by atoms with Gasteiger partial charge in [-0.3, -0.25) is 0 Å². The Morgan fingerprint density at radius 3 is 1.79 bits per heavy atom. The molecule has 1 aromatic rings. The Hall–Kier alpha value is -1.31. The van der Waals surface area contributed by atoms with E-state index in [1.54, 1.807) is 0 Å². The number of rotatable bonds is 2. The molecule has 6 nitrogen and oxygen atoms in total. The number of hydrogen-bond donors (Lipinski definition) is 2. The van der Waals surface area contributed by atoms with E-state index < -0.39 is 17.4 Å². The van der Waals surface area contributed by atoms with E-state index in [0.29, 0.717) is 0 Å². The third-order valence-corrected chi connectivity index (χ3v) is 3.10. The molecule has 2 N–H and O–H groups in total. The van der Waals surface area contributed by atoms with Gasteiger partial charge >= 0.3 is 91.1 Å². The topological polar surface area (TPSA) is 96.6 Å². The first-order valence-corrected chi connectivity index (χ1v) is 4.89. The average Bonchev–Trinajstić information content (AvgIpc) is 2.07. The van der Waals surface area contributed by atoms with Gasteiger partial charge in [-0.2, -0.15) is 0 Å². The average molecular weight is 302 g/mol. The van der Waals surface area contributed by atoms with Crippen molar-refractivity contribution in [3.05, 3.63) is 33.7 Å². The molecule has 7 heteroatoms. The molecule has 0 aliphatic heterocycles. The summed E-state index contributed by atoms with van der Waals surface area (Å²) >= 11 is 0.256. The van der Waals surface area contributed by atoms with Crippen LogP contribution in [0.1, 0.15) is 21.0 Å². The molecule has 1 heterocycles. The summed E-state index contributed by atoms with van der Waals surface area (Å²) in [6, 6.07) is 1.80. The normalized spacial score (nSPS) is 9.79. The van der Waals surface area contributed by atoms with Crippen molar-refractivity contribution in [1.82, 2.24) is 2.79 Å². The standard InChI is InChI=1S/C7H5NO5.Sn.H/c9-3-1-4(6(10)11)8-5(2-3)7(12)13;;/h1-2H,(H3,8,9,10,11,12,13);;/q;+1;/p-1. The number of carboxylic acids is 2. The quantitative estimate of drug-likeness (QED) is 0.677. The van der Waals surface area contributed by atoms with E-state index in [-0.39, 0.29) is 34.2 Å². The Morgan fingerprint density at radius 1 is 1.14 bits per heavy atom. The second kappa shape index (κ2) is 3.82. The van der Waals surface area contributed by atoms with Crippen LogP contribution in [-0.2, 0) is 0 Å². The summed E-state index contributed by atoms with van der Waals surface area (Å²) in [5.41, 5.74) is -1.21. The molecule has 0 bridgehead atoms. The molecule has 0 aliphatic rings. The first-order valence-electron chi connectivity index (χ1n) is 3.42. The summed E-state index contributed by atoms with van der Waals surface area (Å²) < 4.78 is 1.07. The van der Waals surface area contributed by atoms with Crippen molar-refractivity contribution in [3.63, 3.8) is 0 Å². The number of aromatic nitrogens is 1. The zero-order valence-corrected chi connectivity index (χ0v) is 10.1. The van der Waals surface area contributed by atoms with Gasteiger partial charge in [0, 0.05) is 0 Å². The fourth-order valence-corrected chi connectivity index (χ4v) is 1.97. The Bertz CT molecular complexity index is 425. The number of aromatic carboxylic acids is 2. The van der Waals surface area contributed by atoms with Gasteiger partial charge < -0.3 is 0 Å². The minimum atomic E-state index is -1.31. The molecule has 0 saturated carbocycles. The number of nitrogens with zero attached hydrogens (tertiary/aromatic N) is 1. The second-order valence-corrected chi connectivity index (χ2v) is 3.92. The van der Waals surface area contributed by atoms with E-state index in [1.807, 2.05) is 0 Å². The summed E-state index contributed by atoms with van der Waals surface area (Å²) in [7, 11) is 0. The maximum absolute atomic E-state index is 10.9. The van der Waals surface area contributed by atoms with Crippen molar-refractivity contribution in [2.24, 2.45) is 0 Å². The van der Waals surface area contributed by atoms with Gasteiger partial charge in [-0.25, -0.2) is 0 Å². The molecule has 0 atom stereocenters. The van der Waals surface area contributed by atoms with E-state index in [0.717, 1.165) is 14.9 Å². The van der Waals surface area contributed by atoms with Gasteiger partial charge in [0.25, 0.3) is 0 Å². The first-order chi connectivity index (χ1) is 6.43. The van der Waals surface area contributed by atoms with Crippen molar-refractivity contribution in [3.8, 4) is 0 Å². The van der Waals surface area contributed by atoms with Gasteiger partial charge in [0.15, 0.2) is 0 Å². The second-order valence-electron chi connectivity index (χ2n) is 2.44. The zero-order chi connectivity index (χ0) is 10.9. The third-order valence-electron chi connectivity index (χ3n) is 1.52. The monoisotopic (exact) mass is 303 g/mol. The van der Waals surface area contributed by atoms with Crippen molar-refractivity contribution < 1.29 is 19.8 Å². The Kier molecular flexibility index (Phi) is 2.94. The molecular formula is C7H5NO5Sn. The molecule has 0 spiro atoms. The summed E-state index contributed by atoms with van der Waals surface area (Å²) in [5.74, 6) is -2.62. The van der Waals surface area contributed by atoms with Crippen LogP contribution in [0.15, 0.2) is 16.9 Å². The number of carboxylic acid groups (broad SMARTS) is 2. The predicted molar refractivity (Wildman–Crippen MR) is 47.2 cm³/mol. The molecular weight excluding hydrogens is 297 g/mol. The van der Waals surface area contributed by atoms with Crippen LogP contribution < -0.4 is 5.43 Å². The summed E-state index contributed by atoms with van der Waals surface area (Å²) in [6.07, 6.45) is 0. The van der Waals surface area contributed by atoms with Crippen LogP contribution >= 0.6 is 0 Å². The Balaban J connectivity index is 3.56. The first kappa shape index (κ1) is 10.8. The van der Waals surface area contributed by atoms with E-state index >= 15 is 0 Å². The predicted octanol–water partition coefficient (Wildman–Crippen LogP) is -1.09. The maximum atomic E-state index is 10.9. The van der Waals surface area contributed by atoms with Crippen LogP contribution in [0.25, 0.3) is 0 Å². The third kappa shape index (κ3) is 1.95. The number of hydrogen-bond acceptors (Lipinski definition) is 3. The van der Waals surface area contributed by atoms with Gasteiger partial charge in [-0.05, 0) is 0 Å². The number of pyridine rings is 1. The summed E-state index contributed by atoms with van der Waals surface area (Å²) in [5, 5.41) is 17.3. The van der Waals surface area contributed by atoms with Gasteiger partial charge in [0.1, 0.15) is 0 Å². The molecule has 0 unspecified atom stereocenters. The van der Waals surface area contributed by atoms with Gasteiger partial charge in [-0.15, -0.1) is 0 Å². The van der Waals surface area contributed by atoms with E-state index in [2.05, 4.69) is 0 Å². The van der Waals surface area contributed by atoms with Crippen LogP contribution in [0.2, 0.25) is 0 Å². The minimum absolute atomic E-state index is 0.256. The molecule has 0 amide bonds. The Labute approximate surface area is 91.2 Å². The van der Waals surface area contributed by atoms with Crippen molar-refractivity contribution in [1.29, 1.82) is 0 Å². The fourth-order valence-electron chi connectivity index (χ4n) is 0.910. The van der Waals surface area contributed by atoms with Gasteiger partial charge in [0.2, 0.25) is 0 Å². The molecule has 2 radical (unpaired) electrons. The molecule has 0 aromatic carbocycles. The summed E-state index contributed by atoms with van der Waals surface area (Å²) in [6.45, 7) is 0. The van der Waals surface area contributed by atoms with Crippen molar-refractivity contribution in [2.75, 3.05) is 0 Å². The van der Waals surface area contributed by atoms with E-state index in [9.17, 15) is 14.4 Å². The summed E-state index contributed by atoms with van der Waals surface area (Å²) in [4.78, 5) is 32.2. The van der Waals surface area contributed by atoms with Crippen molar-refractivity contribution in [2.45, 2.75) is 0 Å². The SMILES string of the molecule is O=C(O)c1cc(=O)cc(C(=O)O)[n]1[SnH]. The van der Waals surface area contributed by atoms with E-state index in [1.165, 1.54) is 0 Å². The molecule has 0 aliphatic carbocycles. The molecule has 0 saturated heterocycles. The van der Waals surface area contributed by atoms with Crippen LogP contribution in [0.4, 0.5) is 0 Å². The Morgan fingerprint density at radius 2 is 1.50 bits per heavy atom. The zero-order valence-electron chi connectivity index (χ0n) is 6.80. The molecule has 72 valence electrons. The fraction of sp³-hybridized carbons (Fsp3) is 0. The van der Waals surface area contributed by atoms with Gasteiger partial charge in [0.05, 0.1) is 0 Å². The van der Waals surface area contributed by atoms with Gasteiger partial charge in [-0.1, -0.05) is 0 Å². The molecule has 1 aromatic heterocycles. The van der Waals surface area contributed by atoms with Crippen LogP contribution in [-0.4, -0.2) is 47.7 Å². The van der Waals surface area contributed by atoms with Crippen LogP contribution in [0.5, 0.6) is 0 Å². The molecule has 1 rings (SSSR count). The molecule has 14 heavy (non-hydrogen) atoms. The van der Waals surface area contributed by atoms with Crippen LogP contribution in [0.3, 0.4) is 0 Å².